The third-order valence-corrected chi connectivity index (χ3v) is 9.98. The lowest BCUT2D eigenvalue weighted by Gasteiger charge is -2.43. The van der Waals surface area contributed by atoms with Gasteiger partial charge < -0.3 is 13.7 Å². The van der Waals surface area contributed by atoms with Gasteiger partial charge in [0.1, 0.15) is 0 Å². The molecule has 0 spiro atoms. The predicted octanol–water partition coefficient (Wildman–Crippen LogP) is 6.53. The van der Waals surface area contributed by atoms with Crippen LogP contribution in [0, 0.1) is 5.41 Å². The van der Waals surface area contributed by atoms with Crippen molar-refractivity contribution in [2.24, 2.45) is 5.41 Å². The second-order valence-electron chi connectivity index (χ2n) is 10.9. The third kappa shape index (κ3) is 4.96. The molecule has 0 bridgehead atoms. The topological polar surface area (TPSA) is 27.7 Å². The Balaban J connectivity index is 2.00. The highest BCUT2D eigenvalue weighted by Crippen LogP contribution is 2.50. The van der Waals surface area contributed by atoms with Crippen molar-refractivity contribution in [3.63, 3.8) is 0 Å². The summed E-state index contributed by atoms with van der Waals surface area (Å²) in [5, 5.41) is 1.28. The van der Waals surface area contributed by atoms with E-state index in [1.165, 1.54) is 5.19 Å². The second kappa shape index (κ2) is 8.94. The Labute approximate surface area is 196 Å². The van der Waals surface area contributed by atoms with Gasteiger partial charge in [-0.25, -0.2) is 0 Å². The smallest absolute Gasteiger partial charge is 0.405 e. The van der Waals surface area contributed by atoms with Crippen molar-refractivity contribution in [2.45, 2.75) is 78.3 Å². The molecule has 0 radical (unpaired) electrons. The molecule has 0 aromatic heterocycles. The van der Waals surface area contributed by atoms with Crippen LogP contribution in [0.3, 0.4) is 0 Å². The van der Waals surface area contributed by atoms with E-state index in [1.54, 1.807) is 0 Å². The van der Waals surface area contributed by atoms with Crippen LogP contribution in [0.2, 0.25) is 19.4 Å². The van der Waals surface area contributed by atoms with Crippen molar-refractivity contribution in [3.05, 3.63) is 78.4 Å². The second-order valence-corrected chi connectivity index (χ2v) is 14.7. The quantitative estimate of drug-likeness (QED) is 0.338. The molecule has 1 aliphatic rings. The van der Waals surface area contributed by atoms with Gasteiger partial charge in [0.25, 0.3) is 0 Å². The van der Waals surface area contributed by atoms with E-state index in [1.807, 2.05) is 6.07 Å². The summed E-state index contributed by atoms with van der Waals surface area (Å²) in [6.07, 6.45) is 0.510. The minimum atomic E-state index is -2.22. The van der Waals surface area contributed by atoms with Crippen LogP contribution in [0.5, 0.6) is 0 Å². The van der Waals surface area contributed by atoms with Gasteiger partial charge in [0.2, 0.25) is 8.32 Å². The molecule has 0 saturated carbocycles. The molecule has 5 heteroatoms. The minimum Gasteiger partial charge on any atom is -0.405 e. The fraction of sp³-hybridized carbons (Fsp3) is 0.481. The van der Waals surface area contributed by atoms with Gasteiger partial charge in [-0.15, -0.1) is 0 Å². The van der Waals surface area contributed by atoms with Gasteiger partial charge in [-0.2, -0.15) is 0 Å². The van der Waals surface area contributed by atoms with Crippen molar-refractivity contribution in [3.8, 4) is 0 Å². The SMILES string of the molecule is C=C(C)C(C)(CB1OC(C)(C)C(C)(C)O1)C(O[Si](C)(C)c1ccccc1)c1ccccc1. The summed E-state index contributed by atoms with van der Waals surface area (Å²) in [6, 6.07) is 21.1. The number of rotatable bonds is 8. The molecule has 2 aromatic rings. The summed E-state index contributed by atoms with van der Waals surface area (Å²) < 4.78 is 19.9. The van der Waals surface area contributed by atoms with E-state index in [0.29, 0.717) is 6.32 Å². The van der Waals surface area contributed by atoms with Gasteiger partial charge in [-0.1, -0.05) is 79.7 Å². The van der Waals surface area contributed by atoms with E-state index < -0.39 is 8.32 Å². The Bertz CT molecular complexity index is 910. The molecule has 32 heavy (non-hydrogen) atoms. The normalized spacial score (nSPS) is 20.6. The van der Waals surface area contributed by atoms with E-state index in [-0.39, 0.29) is 29.8 Å². The first-order valence-corrected chi connectivity index (χ1v) is 14.5. The van der Waals surface area contributed by atoms with Gasteiger partial charge in [0, 0.05) is 5.41 Å². The predicted molar refractivity (Wildman–Crippen MR) is 138 cm³/mol. The molecular weight excluding hydrogens is 411 g/mol. The van der Waals surface area contributed by atoms with Gasteiger partial charge >= 0.3 is 7.12 Å². The maximum absolute atomic E-state index is 7.12. The third-order valence-electron chi connectivity index (χ3n) is 7.43. The van der Waals surface area contributed by atoms with E-state index in [2.05, 4.69) is 116 Å². The Morgan fingerprint density at radius 1 is 0.969 bits per heavy atom. The Morgan fingerprint density at radius 3 is 1.91 bits per heavy atom. The van der Waals surface area contributed by atoms with Crippen LogP contribution in [0.25, 0.3) is 0 Å². The summed E-state index contributed by atoms with van der Waals surface area (Å²) >= 11 is 0. The fourth-order valence-corrected chi connectivity index (χ4v) is 6.41. The summed E-state index contributed by atoms with van der Waals surface area (Å²) in [5.41, 5.74) is 1.12. The highest BCUT2D eigenvalue weighted by atomic mass is 28.4. The van der Waals surface area contributed by atoms with E-state index in [9.17, 15) is 0 Å². The largest absolute Gasteiger partial charge is 0.458 e. The average Bonchev–Trinajstić information content (AvgIpc) is 2.93. The molecule has 1 fully saturated rings. The van der Waals surface area contributed by atoms with Crippen LogP contribution in [0.15, 0.2) is 72.8 Å². The summed E-state index contributed by atoms with van der Waals surface area (Å²) in [6.45, 7) is 21.7. The van der Waals surface area contributed by atoms with Gasteiger partial charge in [-0.3, -0.25) is 0 Å². The number of benzene rings is 2. The standard InChI is InChI=1S/C27H39BO3Si/c1-21(2)27(7,20-28-30-25(3,4)26(5,6)31-28)24(22-16-12-10-13-17-22)29-32(8,9)23-18-14-11-15-19-23/h10-19,24H,1,20H2,2-9H3. The monoisotopic (exact) mass is 450 g/mol. The molecule has 1 heterocycles. The first kappa shape index (κ1) is 25.0. The van der Waals surface area contributed by atoms with Gasteiger partial charge in [0.15, 0.2) is 0 Å². The lowest BCUT2D eigenvalue weighted by molar-refractivity contribution is 0.00578. The Hall–Kier alpha value is -1.66. The Morgan fingerprint density at radius 2 is 1.44 bits per heavy atom. The first-order valence-electron chi connectivity index (χ1n) is 11.6. The van der Waals surface area contributed by atoms with Crippen LogP contribution in [-0.4, -0.2) is 26.6 Å². The van der Waals surface area contributed by atoms with Crippen LogP contribution >= 0.6 is 0 Å². The molecule has 172 valence electrons. The molecule has 3 nitrogen and oxygen atoms in total. The summed E-state index contributed by atoms with van der Waals surface area (Å²) in [4.78, 5) is 0. The Kier molecular flexibility index (Phi) is 6.98. The maximum Gasteiger partial charge on any atom is 0.458 e. The van der Waals surface area contributed by atoms with Crippen molar-refractivity contribution in [1.29, 1.82) is 0 Å². The molecule has 2 atom stereocenters. The number of hydrogen-bond donors (Lipinski definition) is 0. The molecule has 0 amide bonds. The summed E-state index contributed by atoms with van der Waals surface area (Å²) in [7, 11) is -2.54. The molecule has 3 rings (SSSR count). The van der Waals surface area contributed by atoms with Crippen LogP contribution in [0.4, 0.5) is 0 Å². The lowest BCUT2D eigenvalue weighted by atomic mass is 9.62. The van der Waals surface area contributed by atoms with E-state index >= 15 is 0 Å². The molecule has 1 saturated heterocycles. The minimum absolute atomic E-state index is 0.165. The highest BCUT2D eigenvalue weighted by molar-refractivity contribution is 6.84. The zero-order chi connectivity index (χ0) is 23.8. The molecule has 2 aromatic carbocycles. The number of hydrogen-bond acceptors (Lipinski definition) is 3. The highest BCUT2D eigenvalue weighted by Gasteiger charge is 2.54. The molecule has 0 N–H and O–H groups in total. The van der Waals surface area contributed by atoms with Crippen molar-refractivity contribution >= 4 is 20.6 Å². The zero-order valence-corrected chi connectivity index (χ0v) is 22.1. The molecule has 1 aliphatic heterocycles. The molecule has 0 aliphatic carbocycles. The summed E-state index contributed by atoms with van der Waals surface area (Å²) in [5.74, 6) is 0. The molecular formula is C27H39BO3Si. The van der Waals surface area contributed by atoms with Crippen molar-refractivity contribution in [2.75, 3.05) is 0 Å². The lowest BCUT2D eigenvalue weighted by Crippen LogP contribution is -2.49. The van der Waals surface area contributed by atoms with E-state index in [0.717, 1.165) is 11.1 Å². The van der Waals surface area contributed by atoms with Crippen molar-refractivity contribution < 1.29 is 13.7 Å². The fourth-order valence-electron chi connectivity index (χ4n) is 4.30. The molecule has 2 unspecified atom stereocenters. The zero-order valence-electron chi connectivity index (χ0n) is 21.1. The van der Waals surface area contributed by atoms with Crippen LogP contribution < -0.4 is 5.19 Å². The van der Waals surface area contributed by atoms with Crippen LogP contribution in [-0.2, 0) is 13.7 Å². The maximum atomic E-state index is 7.12. The van der Waals surface area contributed by atoms with Crippen molar-refractivity contribution in [1.82, 2.24) is 0 Å². The van der Waals surface area contributed by atoms with Gasteiger partial charge in [-0.05, 0) is 64.8 Å². The average molecular weight is 451 g/mol. The van der Waals surface area contributed by atoms with Crippen LogP contribution in [0.1, 0.15) is 53.2 Å². The first-order chi connectivity index (χ1) is 14.8. The van der Waals surface area contributed by atoms with E-state index in [4.69, 9.17) is 13.7 Å². The van der Waals surface area contributed by atoms with Gasteiger partial charge in [0.05, 0.1) is 17.3 Å².